The van der Waals surface area contributed by atoms with E-state index in [1.165, 1.54) is 6.33 Å². The molecular formula is C18H26N6O2S. The summed E-state index contributed by atoms with van der Waals surface area (Å²) in [6, 6.07) is 5.72. The number of thiol groups is 1. The molecule has 1 aromatic heterocycles. The molecule has 146 valence electrons. The Morgan fingerprint density at radius 3 is 2.41 bits per heavy atom. The van der Waals surface area contributed by atoms with Crippen molar-refractivity contribution in [1.29, 1.82) is 0 Å². The van der Waals surface area contributed by atoms with Crippen molar-refractivity contribution in [2.45, 2.75) is 20.3 Å². The Morgan fingerprint density at radius 2 is 1.89 bits per heavy atom. The number of carbonyl (C=O) groups excluding carboxylic acids is 2. The lowest BCUT2D eigenvalue weighted by Gasteiger charge is -2.26. The molecule has 0 fully saturated rings. The molecule has 0 aliphatic rings. The SMILES string of the molecule is CCc1ccc(N(C)C(=O)CN(C)C)cc1N(CC)C(=O)c1ncnn1S. The Labute approximate surface area is 165 Å². The van der Waals surface area contributed by atoms with Gasteiger partial charge in [-0.3, -0.25) is 9.59 Å². The van der Waals surface area contributed by atoms with Gasteiger partial charge in [0.05, 0.1) is 6.54 Å². The zero-order valence-corrected chi connectivity index (χ0v) is 17.3. The number of hydrogen-bond acceptors (Lipinski definition) is 6. The van der Waals surface area contributed by atoms with Crippen molar-refractivity contribution in [3.05, 3.63) is 35.9 Å². The van der Waals surface area contributed by atoms with E-state index in [4.69, 9.17) is 0 Å². The number of rotatable bonds is 7. The van der Waals surface area contributed by atoms with Crippen LogP contribution < -0.4 is 9.80 Å². The number of hydrogen-bond donors (Lipinski definition) is 1. The summed E-state index contributed by atoms with van der Waals surface area (Å²) in [4.78, 5) is 34.4. The van der Waals surface area contributed by atoms with Crippen LogP contribution in [-0.2, 0) is 11.2 Å². The molecule has 1 aromatic carbocycles. The van der Waals surface area contributed by atoms with Crippen LogP contribution in [0, 0.1) is 0 Å². The van der Waals surface area contributed by atoms with Crippen LogP contribution >= 0.6 is 12.8 Å². The van der Waals surface area contributed by atoms with Gasteiger partial charge in [-0.05, 0) is 58.0 Å². The highest BCUT2D eigenvalue weighted by Crippen LogP contribution is 2.28. The van der Waals surface area contributed by atoms with Gasteiger partial charge in [0, 0.05) is 25.0 Å². The highest BCUT2D eigenvalue weighted by atomic mass is 32.1. The maximum Gasteiger partial charge on any atom is 0.296 e. The molecule has 0 bridgehead atoms. The number of likely N-dealkylation sites (N-methyl/N-ethyl adjacent to an activating group) is 2. The highest BCUT2D eigenvalue weighted by molar-refractivity contribution is 7.78. The molecule has 27 heavy (non-hydrogen) atoms. The molecule has 0 saturated heterocycles. The first-order valence-corrected chi connectivity index (χ1v) is 9.15. The van der Waals surface area contributed by atoms with Crippen LogP contribution in [0.15, 0.2) is 24.5 Å². The van der Waals surface area contributed by atoms with E-state index >= 15 is 0 Å². The number of aromatic nitrogens is 3. The van der Waals surface area contributed by atoms with E-state index in [2.05, 4.69) is 22.9 Å². The molecule has 9 heteroatoms. The third kappa shape index (κ3) is 4.67. The first-order chi connectivity index (χ1) is 12.8. The molecule has 0 aliphatic carbocycles. The third-order valence-electron chi connectivity index (χ3n) is 4.24. The predicted octanol–water partition coefficient (Wildman–Crippen LogP) is 1.72. The summed E-state index contributed by atoms with van der Waals surface area (Å²) in [6.07, 6.45) is 2.04. The third-order valence-corrected chi connectivity index (χ3v) is 4.53. The van der Waals surface area contributed by atoms with Crippen LogP contribution in [0.25, 0.3) is 0 Å². The van der Waals surface area contributed by atoms with Gasteiger partial charge in [0.25, 0.3) is 5.91 Å². The first kappa shape index (κ1) is 20.9. The molecule has 0 spiro atoms. The van der Waals surface area contributed by atoms with Crippen molar-refractivity contribution in [2.24, 2.45) is 0 Å². The number of carbonyl (C=O) groups is 2. The Hall–Kier alpha value is -2.39. The minimum absolute atomic E-state index is 0.0281. The van der Waals surface area contributed by atoms with E-state index in [9.17, 15) is 9.59 Å². The number of aryl methyl sites for hydroxylation is 1. The van der Waals surface area contributed by atoms with Crippen LogP contribution in [0.1, 0.15) is 30.0 Å². The largest absolute Gasteiger partial charge is 0.314 e. The summed E-state index contributed by atoms with van der Waals surface area (Å²) in [6.45, 7) is 4.68. The van der Waals surface area contributed by atoms with Gasteiger partial charge < -0.3 is 14.7 Å². The Bertz CT molecular complexity index is 820. The van der Waals surface area contributed by atoms with Crippen molar-refractivity contribution < 1.29 is 9.59 Å². The van der Waals surface area contributed by atoms with E-state index in [1.807, 2.05) is 51.0 Å². The topological polar surface area (TPSA) is 74.6 Å². The van der Waals surface area contributed by atoms with Gasteiger partial charge in [-0.15, -0.1) is 5.10 Å². The van der Waals surface area contributed by atoms with Crippen molar-refractivity contribution >= 4 is 36.0 Å². The van der Waals surface area contributed by atoms with Crippen molar-refractivity contribution in [2.75, 3.05) is 44.0 Å². The fourth-order valence-electron chi connectivity index (χ4n) is 2.75. The second kappa shape index (κ2) is 9.01. The second-order valence-electron chi connectivity index (χ2n) is 6.38. The van der Waals surface area contributed by atoms with E-state index in [1.54, 1.807) is 16.8 Å². The van der Waals surface area contributed by atoms with Crippen LogP contribution in [0.4, 0.5) is 11.4 Å². The van der Waals surface area contributed by atoms with Gasteiger partial charge in [-0.1, -0.05) is 13.0 Å². The summed E-state index contributed by atoms with van der Waals surface area (Å²) >= 11 is 4.13. The summed E-state index contributed by atoms with van der Waals surface area (Å²) in [5.41, 5.74) is 2.49. The quantitative estimate of drug-likeness (QED) is 0.729. The van der Waals surface area contributed by atoms with Crippen LogP contribution in [0.3, 0.4) is 0 Å². The number of anilines is 2. The lowest BCUT2D eigenvalue weighted by molar-refractivity contribution is -0.118. The van der Waals surface area contributed by atoms with E-state index in [-0.39, 0.29) is 17.6 Å². The number of benzene rings is 1. The monoisotopic (exact) mass is 390 g/mol. The maximum atomic E-state index is 13.0. The van der Waals surface area contributed by atoms with Crippen molar-refractivity contribution in [3.8, 4) is 0 Å². The number of amides is 2. The Kier molecular flexibility index (Phi) is 6.98. The fraction of sp³-hybridized carbons (Fsp3) is 0.444. The molecule has 8 nitrogen and oxygen atoms in total. The van der Waals surface area contributed by atoms with Crippen LogP contribution in [0.2, 0.25) is 0 Å². The van der Waals surface area contributed by atoms with Crippen LogP contribution in [0.5, 0.6) is 0 Å². The summed E-state index contributed by atoms with van der Waals surface area (Å²) in [5.74, 6) is -0.177. The van der Waals surface area contributed by atoms with Gasteiger partial charge in [0.2, 0.25) is 11.7 Å². The molecule has 0 aliphatic heterocycles. The maximum absolute atomic E-state index is 13.0. The van der Waals surface area contributed by atoms with E-state index in [0.717, 1.165) is 27.4 Å². The molecule has 0 saturated carbocycles. The average molecular weight is 391 g/mol. The normalized spacial score (nSPS) is 10.9. The molecule has 2 aromatic rings. The summed E-state index contributed by atoms with van der Waals surface area (Å²) in [5, 5.41) is 3.85. The average Bonchev–Trinajstić information content (AvgIpc) is 3.06. The lowest BCUT2D eigenvalue weighted by Crippen LogP contribution is -2.36. The lowest BCUT2D eigenvalue weighted by atomic mass is 10.1. The van der Waals surface area contributed by atoms with Gasteiger partial charge in [0.15, 0.2) is 0 Å². The molecule has 2 rings (SSSR count). The minimum Gasteiger partial charge on any atom is -0.314 e. The second-order valence-corrected chi connectivity index (χ2v) is 6.76. The molecule has 0 radical (unpaired) electrons. The van der Waals surface area contributed by atoms with Crippen molar-refractivity contribution in [3.63, 3.8) is 0 Å². The molecular weight excluding hydrogens is 364 g/mol. The zero-order valence-electron chi connectivity index (χ0n) is 16.4. The smallest absolute Gasteiger partial charge is 0.296 e. The molecule has 1 heterocycles. The van der Waals surface area contributed by atoms with Gasteiger partial charge in [0.1, 0.15) is 6.33 Å². The fourth-order valence-corrected chi connectivity index (χ4v) is 2.94. The van der Waals surface area contributed by atoms with Gasteiger partial charge >= 0.3 is 0 Å². The summed E-state index contributed by atoms with van der Waals surface area (Å²) in [7, 11) is 5.43. The first-order valence-electron chi connectivity index (χ1n) is 8.75. The Balaban J connectivity index is 2.42. The predicted molar refractivity (Wildman–Crippen MR) is 110 cm³/mol. The van der Waals surface area contributed by atoms with E-state index < -0.39 is 0 Å². The standard InChI is InChI=1S/C18H26N6O2S/c1-6-13-8-9-14(22(5)16(25)11-21(3)4)10-15(13)23(7-2)18(26)17-19-12-20-24(17)27/h8-10,12,27H,6-7,11H2,1-5H3. The molecule has 0 unspecified atom stereocenters. The van der Waals surface area contributed by atoms with Crippen molar-refractivity contribution in [1.82, 2.24) is 19.1 Å². The Morgan fingerprint density at radius 1 is 1.19 bits per heavy atom. The summed E-state index contributed by atoms with van der Waals surface area (Å²) < 4.78 is 1.16. The van der Waals surface area contributed by atoms with Gasteiger partial charge in [-0.2, -0.15) is 4.09 Å². The molecule has 0 N–H and O–H groups in total. The highest BCUT2D eigenvalue weighted by Gasteiger charge is 2.24. The zero-order chi connectivity index (χ0) is 20.1. The molecule has 0 atom stereocenters. The van der Waals surface area contributed by atoms with E-state index in [0.29, 0.717) is 13.1 Å². The number of nitrogens with zero attached hydrogens (tertiary/aromatic N) is 6. The molecule has 2 amide bonds. The minimum atomic E-state index is -0.292. The van der Waals surface area contributed by atoms with Gasteiger partial charge in [-0.25, -0.2) is 4.98 Å². The van der Waals surface area contributed by atoms with Crippen LogP contribution in [-0.4, -0.2) is 65.1 Å².